The summed E-state index contributed by atoms with van der Waals surface area (Å²) in [6, 6.07) is 14.5. The summed E-state index contributed by atoms with van der Waals surface area (Å²) in [6.45, 7) is 7.67. The number of imidazole rings is 1. The van der Waals surface area contributed by atoms with Crippen LogP contribution >= 0.6 is 0 Å². The fourth-order valence-electron chi connectivity index (χ4n) is 2.75. The second-order valence-electron chi connectivity index (χ2n) is 5.47. The topological polar surface area (TPSA) is 27.1 Å². The molecule has 0 spiro atoms. The van der Waals surface area contributed by atoms with Crippen molar-refractivity contribution in [1.29, 1.82) is 0 Å². The summed E-state index contributed by atoms with van der Waals surface area (Å²) >= 11 is 0. The average molecular weight is 280 g/mol. The van der Waals surface area contributed by atoms with Gasteiger partial charge in [0.2, 0.25) is 0 Å². The molecule has 21 heavy (non-hydrogen) atoms. The predicted octanol–water partition coefficient (Wildman–Crippen LogP) is 4.04. The highest BCUT2D eigenvalue weighted by Gasteiger charge is 2.06. The van der Waals surface area contributed by atoms with Gasteiger partial charge in [-0.05, 0) is 56.2 Å². The van der Waals surface area contributed by atoms with E-state index in [2.05, 4.69) is 47.7 Å². The van der Waals surface area contributed by atoms with Crippen LogP contribution in [0.15, 0.2) is 42.5 Å². The van der Waals surface area contributed by atoms with Crippen LogP contribution in [0.5, 0.6) is 5.75 Å². The van der Waals surface area contributed by atoms with E-state index in [1.54, 1.807) is 0 Å². The first-order chi connectivity index (χ1) is 10.1. The van der Waals surface area contributed by atoms with Crippen LogP contribution in [-0.2, 0) is 6.54 Å². The lowest BCUT2D eigenvalue weighted by Crippen LogP contribution is -2.09. The van der Waals surface area contributed by atoms with Crippen LogP contribution < -0.4 is 4.74 Å². The number of hydrogen-bond donors (Lipinski definition) is 0. The van der Waals surface area contributed by atoms with E-state index in [0.717, 1.165) is 23.6 Å². The van der Waals surface area contributed by atoms with Gasteiger partial charge >= 0.3 is 0 Å². The Labute approximate surface area is 125 Å². The summed E-state index contributed by atoms with van der Waals surface area (Å²) < 4.78 is 8.10. The lowest BCUT2D eigenvalue weighted by atomic mass is 10.1. The number of ether oxygens (including phenoxy) is 1. The minimum absolute atomic E-state index is 0.643. The zero-order valence-corrected chi connectivity index (χ0v) is 12.8. The van der Waals surface area contributed by atoms with Crippen molar-refractivity contribution in [2.75, 3.05) is 6.61 Å². The Hall–Kier alpha value is -2.29. The second-order valence-corrected chi connectivity index (χ2v) is 5.47. The van der Waals surface area contributed by atoms with E-state index in [9.17, 15) is 0 Å². The third-order valence-corrected chi connectivity index (χ3v) is 3.62. The monoisotopic (exact) mass is 280 g/mol. The van der Waals surface area contributed by atoms with Crippen LogP contribution in [-0.4, -0.2) is 16.2 Å². The number of nitrogens with zero attached hydrogens (tertiary/aromatic N) is 2. The maximum atomic E-state index is 5.90. The molecule has 0 fully saturated rings. The molecule has 0 aliphatic rings. The van der Waals surface area contributed by atoms with E-state index in [1.165, 1.54) is 16.6 Å². The maximum absolute atomic E-state index is 5.90. The van der Waals surface area contributed by atoms with Crippen molar-refractivity contribution in [2.45, 2.75) is 27.3 Å². The van der Waals surface area contributed by atoms with Gasteiger partial charge in [-0.3, -0.25) is 0 Å². The van der Waals surface area contributed by atoms with Crippen molar-refractivity contribution >= 4 is 11.0 Å². The van der Waals surface area contributed by atoms with E-state index >= 15 is 0 Å². The summed E-state index contributed by atoms with van der Waals surface area (Å²) in [6.07, 6.45) is 0. The Bertz CT molecular complexity index is 754. The number of hydrogen-bond acceptors (Lipinski definition) is 2. The molecule has 0 unspecified atom stereocenters. The molecule has 2 aromatic carbocycles. The lowest BCUT2D eigenvalue weighted by Gasteiger charge is -2.10. The van der Waals surface area contributed by atoms with Gasteiger partial charge in [0.25, 0.3) is 0 Å². The van der Waals surface area contributed by atoms with Crippen molar-refractivity contribution in [2.24, 2.45) is 0 Å². The number of aryl methyl sites for hydroxylation is 3. The molecule has 1 heterocycles. The lowest BCUT2D eigenvalue weighted by molar-refractivity contribution is 0.298. The highest BCUT2D eigenvalue weighted by atomic mass is 16.5. The van der Waals surface area contributed by atoms with E-state index < -0.39 is 0 Å². The molecule has 0 atom stereocenters. The Morgan fingerprint density at radius 1 is 1.00 bits per heavy atom. The van der Waals surface area contributed by atoms with Gasteiger partial charge in [0, 0.05) is 0 Å². The largest absolute Gasteiger partial charge is 0.492 e. The number of aromatic nitrogens is 2. The third kappa shape index (κ3) is 2.92. The molecular weight excluding hydrogens is 260 g/mol. The molecule has 3 rings (SSSR count). The van der Waals surface area contributed by atoms with Crippen molar-refractivity contribution < 1.29 is 4.74 Å². The summed E-state index contributed by atoms with van der Waals surface area (Å²) in [5.41, 5.74) is 4.67. The van der Waals surface area contributed by atoms with Crippen molar-refractivity contribution in [3.05, 3.63) is 59.4 Å². The minimum atomic E-state index is 0.643. The van der Waals surface area contributed by atoms with Crippen LogP contribution in [0.4, 0.5) is 0 Å². The van der Waals surface area contributed by atoms with E-state index in [1.807, 2.05) is 25.1 Å². The molecule has 0 aliphatic carbocycles. The van der Waals surface area contributed by atoms with Gasteiger partial charge in [-0.25, -0.2) is 4.98 Å². The Morgan fingerprint density at radius 2 is 1.71 bits per heavy atom. The van der Waals surface area contributed by atoms with E-state index in [4.69, 9.17) is 4.74 Å². The van der Waals surface area contributed by atoms with Crippen LogP contribution in [0, 0.1) is 20.8 Å². The summed E-state index contributed by atoms with van der Waals surface area (Å²) in [5.74, 6) is 1.97. The fraction of sp³-hybridized carbons (Fsp3) is 0.278. The third-order valence-electron chi connectivity index (χ3n) is 3.62. The molecule has 0 amide bonds. The van der Waals surface area contributed by atoms with Crippen molar-refractivity contribution in [1.82, 2.24) is 9.55 Å². The molecule has 1 aromatic heterocycles. The summed E-state index contributed by atoms with van der Waals surface area (Å²) in [7, 11) is 0. The first-order valence-electron chi connectivity index (χ1n) is 7.26. The Kier molecular flexibility index (Phi) is 3.65. The highest BCUT2D eigenvalue weighted by molar-refractivity contribution is 5.75. The van der Waals surface area contributed by atoms with E-state index in [0.29, 0.717) is 6.61 Å². The number of fused-ring (bicyclic) bond motifs is 1. The average Bonchev–Trinajstić information content (AvgIpc) is 2.74. The number of rotatable bonds is 4. The van der Waals surface area contributed by atoms with Crippen molar-refractivity contribution in [3.8, 4) is 5.75 Å². The van der Waals surface area contributed by atoms with Gasteiger partial charge in [0.1, 0.15) is 18.2 Å². The highest BCUT2D eigenvalue weighted by Crippen LogP contribution is 2.18. The minimum Gasteiger partial charge on any atom is -0.492 e. The first kappa shape index (κ1) is 13.7. The quantitative estimate of drug-likeness (QED) is 0.721. The standard InChI is InChI=1S/C18H20N2O/c1-13-10-14(2)12-16(11-13)21-9-8-20-15(3)19-17-6-4-5-7-18(17)20/h4-7,10-12H,8-9H2,1-3H3. The van der Waals surface area contributed by atoms with Crippen LogP contribution in [0.1, 0.15) is 17.0 Å². The molecule has 0 aliphatic heterocycles. The van der Waals surface area contributed by atoms with Crippen LogP contribution in [0.3, 0.4) is 0 Å². The molecule has 0 saturated heterocycles. The zero-order chi connectivity index (χ0) is 14.8. The van der Waals surface area contributed by atoms with Gasteiger partial charge in [0.15, 0.2) is 0 Å². The molecule has 3 heteroatoms. The van der Waals surface area contributed by atoms with E-state index in [-0.39, 0.29) is 0 Å². The molecule has 3 aromatic rings. The second kappa shape index (κ2) is 5.60. The molecule has 0 bridgehead atoms. The number of benzene rings is 2. The molecular formula is C18H20N2O. The van der Waals surface area contributed by atoms with Gasteiger partial charge in [0.05, 0.1) is 17.6 Å². The first-order valence-corrected chi connectivity index (χ1v) is 7.26. The Balaban J connectivity index is 1.73. The number of para-hydroxylation sites is 2. The van der Waals surface area contributed by atoms with Crippen LogP contribution in [0.25, 0.3) is 11.0 Å². The fourth-order valence-corrected chi connectivity index (χ4v) is 2.75. The van der Waals surface area contributed by atoms with Gasteiger partial charge in [-0.2, -0.15) is 0 Å². The normalized spacial score (nSPS) is 11.0. The summed E-state index contributed by atoms with van der Waals surface area (Å²) in [5, 5.41) is 0. The molecule has 108 valence electrons. The van der Waals surface area contributed by atoms with Crippen molar-refractivity contribution in [3.63, 3.8) is 0 Å². The summed E-state index contributed by atoms with van der Waals surface area (Å²) in [4.78, 5) is 4.57. The maximum Gasteiger partial charge on any atom is 0.119 e. The molecule has 0 radical (unpaired) electrons. The smallest absolute Gasteiger partial charge is 0.119 e. The van der Waals surface area contributed by atoms with Gasteiger partial charge < -0.3 is 9.30 Å². The van der Waals surface area contributed by atoms with Gasteiger partial charge in [-0.1, -0.05) is 18.2 Å². The van der Waals surface area contributed by atoms with Crippen LogP contribution in [0.2, 0.25) is 0 Å². The SMILES string of the molecule is Cc1cc(C)cc(OCCn2c(C)nc3ccccc32)c1. The molecule has 3 nitrogen and oxygen atoms in total. The molecule has 0 saturated carbocycles. The Morgan fingerprint density at radius 3 is 2.48 bits per heavy atom. The predicted molar refractivity (Wildman–Crippen MR) is 85.9 cm³/mol. The molecule has 0 N–H and O–H groups in total. The zero-order valence-electron chi connectivity index (χ0n) is 12.8. The van der Waals surface area contributed by atoms with Gasteiger partial charge in [-0.15, -0.1) is 0 Å².